The van der Waals surface area contributed by atoms with E-state index in [1.807, 2.05) is 11.8 Å². The van der Waals surface area contributed by atoms with Gasteiger partial charge in [-0.05, 0) is 76.8 Å². The van der Waals surface area contributed by atoms with Crippen LogP contribution in [0.1, 0.15) is 35.6 Å². The van der Waals surface area contributed by atoms with Crippen molar-refractivity contribution in [3.8, 4) is 16.8 Å². The number of fused-ring (bicyclic) bond motifs is 6. The van der Waals surface area contributed by atoms with Crippen LogP contribution in [0.2, 0.25) is 0 Å². The van der Waals surface area contributed by atoms with Crippen LogP contribution >= 0.6 is 11.8 Å². The summed E-state index contributed by atoms with van der Waals surface area (Å²) in [6.07, 6.45) is 11.4. The molecule has 0 radical (unpaired) electrons. The third-order valence-electron chi connectivity index (χ3n) is 9.14. The van der Waals surface area contributed by atoms with Crippen LogP contribution in [0.25, 0.3) is 44.2 Å². The molecule has 1 heterocycles. The van der Waals surface area contributed by atoms with E-state index < -0.39 is 0 Å². The molecule has 6 aromatic rings. The Kier molecular flexibility index (Phi) is 5.62. The van der Waals surface area contributed by atoms with Crippen molar-refractivity contribution >= 4 is 39.1 Å². The summed E-state index contributed by atoms with van der Waals surface area (Å²) in [4.78, 5) is 1.36. The maximum atomic E-state index is 2.48. The van der Waals surface area contributed by atoms with Gasteiger partial charge in [0.15, 0.2) is 0 Å². The van der Waals surface area contributed by atoms with E-state index in [1.54, 1.807) is 0 Å². The zero-order valence-corrected chi connectivity index (χ0v) is 24.2. The lowest BCUT2D eigenvalue weighted by atomic mass is 9.75. The van der Waals surface area contributed by atoms with Gasteiger partial charge in [0.1, 0.15) is 0 Å². The van der Waals surface area contributed by atoms with Crippen molar-refractivity contribution in [1.82, 2.24) is 4.57 Å². The molecule has 0 fully saturated rings. The summed E-state index contributed by atoms with van der Waals surface area (Å²) in [5, 5.41) is 2.60. The van der Waals surface area contributed by atoms with Crippen molar-refractivity contribution in [2.75, 3.05) is 6.26 Å². The molecule has 0 aliphatic heterocycles. The van der Waals surface area contributed by atoms with Crippen molar-refractivity contribution in [2.45, 2.75) is 30.1 Å². The Balaban J connectivity index is 1.30. The Bertz CT molecular complexity index is 2000. The topological polar surface area (TPSA) is 4.93 Å². The van der Waals surface area contributed by atoms with Crippen LogP contribution < -0.4 is 0 Å². The number of thioether (sulfide) groups is 1. The molecule has 0 spiro atoms. The van der Waals surface area contributed by atoms with E-state index in [9.17, 15) is 0 Å². The largest absolute Gasteiger partial charge is 0.309 e. The molecule has 198 valence electrons. The number of para-hydroxylation sites is 2. The van der Waals surface area contributed by atoms with E-state index in [0.29, 0.717) is 0 Å². The smallest absolute Gasteiger partial charge is 0.0543 e. The van der Waals surface area contributed by atoms with Crippen LogP contribution in [-0.2, 0) is 11.8 Å². The van der Waals surface area contributed by atoms with Crippen molar-refractivity contribution in [1.29, 1.82) is 0 Å². The summed E-state index contributed by atoms with van der Waals surface area (Å²) in [7, 11) is 0. The van der Waals surface area contributed by atoms with Gasteiger partial charge in [-0.25, -0.2) is 0 Å². The minimum absolute atomic E-state index is 0.00685. The first-order chi connectivity index (χ1) is 20.2. The van der Waals surface area contributed by atoms with Gasteiger partial charge < -0.3 is 4.57 Å². The summed E-state index contributed by atoms with van der Waals surface area (Å²) >= 11 is 1.84. The fraction of sp³-hybridized carbons (Fsp3) is 0.128. The average molecular weight is 546 g/mol. The maximum Gasteiger partial charge on any atom is 0.0543 e. The quantitative estimate of drug-likeness (QED) is 0.199. The molecule has 8 rings (SSSR count). The predicted octanol–water partition coefficient (Wildman–Crippen LogP) is 10.4. The lowest BCUT2D eigenvalue weighted by molar-refractivity contribution is 0.589. The summed E-state index contributed by atoms with van der Waals surface area (Å²) in [5.74, 6) is 0. The third-order valence-corrected chi connectivity index (χ3v) is 9.94. The van der Waals surface area contributed by atoms with E-state index in [-0.39, 0.29) is 5.41 Å². The van der Waals surface area contributed by atoms with Crippen LogP contribution in [0.4, 0.5) is 0 Å². The number of nitrogens with zero attached hydrogens (tertiary/aromatic N) is 1. The fourth-order valence-electron chi connectivity index (χ4n) is 7.13. The Labute approximate surface area is 245 Å². The summed E-state index contributed by atoms with van der Waals surface area (Å²) in [6.45, 7) is 2.37. The molecular weight excluding hydrogens is 515 g/mol. The van der Waals surface area contributed by atoms with E-state index in [0.717, 1.165) is 12.8 Å². The first-order valence-electron chi connectivity index (χ1n) is 14.4. The van der Waals surface area contributed by atoms with Gasteiger partial charge in [0.25, 0.3) is 0 Å². The van der Waals surface area contributed by atoms with Crippen LogP contribution in [-0.4, -0.2) is 10.8 Å². The Morgan fingerprint density at radius 3 is 2.05 bits per heavy atom. The number of hydrogen-bond acceptors (Lipinski definition) is 1. The van der Waals surface area contributed by atoms with Crippen LogP contribution in [0.3, 0.4) is 0 Å². The first-order valence-corrected chi connectivity index (χ1v) is 15.6. The number of rotatable bonds is 4. The fourth-order valence-corrected chi connectivity index (χ4v) is 7.86. The Hall–Kier alpha value is -4.27. The molecule has 2 heteroatoms. The van der Waals surface area contributed by atoms with Crippen molar-refractivity contribution < 1.29 is 0 Å². The first kappa shape index (κ1) is 24.5. The molecule has 1 nitrogen and oxygen atoms in total. The molecule has 0 amide bonds. The van der Waals surface area contributed by atoms with Gasteiger partial charge in [0.05, 0.1) is 16.7 Å². The second kappa shape index (κ2) is 9.39. The molecule has 0 bridgehead atoms. The van der Waals surface area contributed by atoms with E-state index in [1.165, 1.54) is 71.3 Å². The van der Waals surface area contributed by atoms with Gasteiger partial charge in [0, 0.05) is 26.6 Å². The van der Waals surface area contributed by atoms with Gasteiger partial charge in [0.2, 0.25) is 0 Å². The lowest BCUT2D eigenvalue weighted by Crippen LogP contribution is -2.21. The summed E-state index contributed by atoms with van der Waals surface area (Å²) < 4.78 is 2.48. The third kappa shape index (κ3) is 3.71. The number of benzene rings is 5. The number of aromatic nitrogens is 1. The summed E-state index contributed by atoms with van der Waals surface area (Å²) in [6, 6.07) is 40.2. The normalized spacial score (nSPS) is 17.6. The van der Waals surface area contributed by atoms with Gasteiger partial charge in [-0.1, -0.05) is 110 Å². The monoisotopic (exact) mass is 545 g/mol. The zero-order chi connectivity index (χ0) is 27.6. The average Bonchev–Trinajstić information content (AvgIpc) is 3.58. The molecule has 1 unspecified atom stereocenters. The van der Waals surface area contributed by atoms with E-state index in [2.05, 4.69) is 145 Å². The highest BCUT2D eigenvalue weighted by Gasteiger charge is 2.30. The molecule has 2 aliphatic rings. The molecule has 0 N–H and O–H groups in total. The number of allylic oxidation sites excluding steroid dienone is 4. The lowest BCUT2D eigenvalue weighted by Gasteiger charge is -2.31. The SMILES string of the molecule is CSc1ccccc1C1(C)C=CC(c2cccc3c2-c2c(cccc2-n2c4ccccc4c4ccccc42)C3)=CC1. The minimum atomic E-state index is -0.00685. The van der Waals surface area contributed by atoms with E-state index in [4.69, 9.17) is 0 Å². The second-order valence-corrected chi connectivity index (χ2v) is 12.4. The highest BCUT2D eigenvalue weighted by Crippen LogP contribution is 2.48. The highest BCUT2D eigenvalue weighted by atomic mass is 32.2. The molecular formula is C39H31NS. The number of hydrogen-bond donors (Lipinski definition) is 0. The minimum Gasteiger partial charge on any atom is -0.309 e. The molecule has 5 aromatic carbocycles. The second-order valence-electron chi connectivity index (χ2n) is 11.5. The predicted molar refractivity (Wildman–Crippen MR) is 176 cm³/mol. The highest BCUT2D eigenvalue weighted by molar-refractivity contribution is 7.98. The maximum absolute atomic E-state index is 2.48. The van der Waals surface area contributed by atoms with Crippen LogP contribution in [0, 0.1) is 0 Å². The van der Waals surface area contributed by atoms with Gasteiger partial charge in [-0.2, -0.15) is 0 Å². The standard InChI is InChI=1S/C39H31NS/c1-39(32-16-5-8-20-36(32)41-2)23-21-26(22-24-39)29-15-9-11-27-25-28-12-10-19-35(38(28)37(27)29)40-33-17-6-3-13-30(33)31-14-4-7-18-34(31)40/h3-23H,24-25H2,1-2H3. The molecule has 2 aliphatic carbocycles. The van der Waals surface area contributed by atoms with Crippen LogP contribution in [0.5, 0.6) is 0 Å². The van der Waals surface area contributed by atoms with Gasteiger partial charge in [-0.3, -0.25) is 0 Å². The molecule has 0 saturated heterocycles. The van der Waals surface area contributed by atoms with Crippen molar-refractivity contribution in [3.63, 3.8) is 0 Å². The molecule has 41 heavy (non-hydrogen) atoms. The molecule has 0 saturated carbocycles. The Morgan fingerprint density at radius 2 is 1.34 bits per heavy atom. The Morgan fingerprint density at radius 1 is 0.683 bits per heavy atom. The molecule has 1 atom stereocenters. The zero-order valence-electron chi connectivity index (χ0n) is 23.4. The summed E-state index contributed by atoms with van der Waals surface area (Å²) in [5.41, 5.74) is 13.4. The van der Waals surface area contributed by atoms with Gasteiger partial charge >= 0.3 is 0 Å². The van der Waals surface area contributed by atoms with E-state index >= 15 is 0 Å². The van der Waals surface area contributed by atoms with Crippen molar-refractivity contribution in [3.05, 3.63) is 150 Å². The van der Waals surface area contributed by atoms with Crippen LogP contribution in [0.15, 0.2) is 132 Å². The van der Waals surface area contributed by atoms with Crippen molar-refractivity contribution in [2.24, 2.45) is 0 Å². The van der Waals surface area contributed by atoms with Gasteiger partial charge in [-0.15, -0.1) is 11.8 Å². The molecule has 1 aromatic heterocycles.